The summed E-state index contributed by atoms with van der Waals surface area (Å²) in [4.78, 5) is 30.8. The van der Waals surface area contributed by atoms with Gasteiger partial charge in [0.15, 0.2) is 0 Å². The van der Waals surface area contributed by atoms with E-state index in [1.165, 1.54) is 28.4 Å². The Kier molecular flexibility index (Phi) is 5.15. The molecule has 2 amide bonds. The molecule has 0 bridgehead atoms. The van der Waals surface area contributed by atoms with Crippen LogP contribution in [0.1, 0.15) is 53.6 Å². The minimum atomic E-state index is -0.893. The summed E-state index contributed by atoms with van der Waals surface area (Å²) in [7, 11) is 0. The van der Waals surface area contributed by atoms with Crippen LogP contribution in [0.15, 0.2) is 0 Å². The van der Waals surface area contributed by atoms with Crippen molar-refractivity contribution in [2.24, 2.45) is 0 Å². The van der Waals surface area contributed by atoms with Gasteiger partial charge < -0.3 is 15.3 Å². The Morgan fingerprint density at radius 3 is 2.91 bits per heavy atom. The van der Waals surface area contributed by atoms with Crippen LogP contribution in [0.2, 0.25) is 0 Å². The van der Waals surface area contributed by atoms with Crippen molar-refractivity contribution >= 4 is 23.3 Å². The van der Waals surface area contributed by atoms with Gasteiger partial charge in [-0.2, -0.15) is 0 Å². The highest BCUT2D eigenvalue weighted by molar-refractivity contribution is 7.11. The topological polar surface area (TPSA) is 82.5 Å². The quantitative estimate of drug-likeness (QED) is 0.884. The first-order valence-electron chi connectivity index (χ1n) is 8.36. The summed E-state index contributed by atoms with van der Waals surface area (Å²) in [5.74, 6) is -0.570. The number of carbonyl (C=O) groups excluding carboxylic acids is 1. The number of carboxylic acid groups (broad SMARTS) is 1. The number of rotatable bonds is 4. The van der Waals surface area contributed by atoms with Crippen LogP contribution >= 0.6 is 11.3 Å². The molecule has 1 saturated heterocycles. The molecule has 23 heavy (non-hydrogen) atoms. The molecule has 1 atom stereocenters. The number of aromatic nitrogens is 1. The molecular weight excluding hydrogens is 314 g/mol. The predicted octanol–water partition coefficient (Wildman–Crippen LogP) is 2.39. The van der Waals surface area contributed by atoms with Gasteiger partial charge in [0.1, 0.15) is 0 Å². The van der Waals surface area contributed by atoms with Gasteiger partial charge in [-0.25, -0.2) is 9.78 Å². The fourth-order valence-corrected chi connectivity index (χ4v) is 4.58. The Balaban J connectivity index is 1.58. The highest BCUT2D eigenvalue weighted by Gasteiger charge is 2.28. The van der Waals surface area contributed by atoms with Gasteiger partial charge in [0.2, 0.25) is 0 Å². The second kappa shape index (κ2) is 7.29. The Labute approximate surface area is 139 Å². The Bertz CT molecular complexity index is 564. The Morgan fingerprint density at radius 1 is 1.30 bits per heavy atom. The summed E-state index contributed by atoms with van der Waals surface area (Å²) in [5.41, 5.74) is 1.28. The van der Waals surface area contributed by atoms with Crippen molar-refractivity contribution in [3.8, 4) is 0 Å². The molecule has 0 spiro atoms. The molecule has 7 heteroatoms. The number of amides is 2. The van der Waals surface area contributed by atoms with Gasteiger partial charge in [-0.15, -0.1) is 11.3 Å². The maximum Gasteiger partial charge on any atom is 0.317 e. The molecule has 0 radical (unpaired) electrons. The predicted molar refractivity (Wildman–Crippen MR) is 88.0 cm³/mol. The van der Waals surface area contributed by atoms with Gasteiger partial charge in [-0.3, -0.25) is 4.79 Å². The normalized spacial score (nSPS) is 20.9. The van der Waals surface area contributed by atoms with E-state index in [1.807, 2.05) is 11.3 Å². The molecule has 3 rings (SSSR count). The molecule has 2 N–H and O–H groups in total. The smallest absolute Gasteiger partial charge is 0.317 e. The number of hydrogen-bond donors (Lipinski definition) is 2. The molecule has 1 unspecified atom stereocenters. The lowest BCUT2D eigenvalue weighted by molar-refractivity contribution is -0.136. The van der Waals surface area contributed by atoms with Crippen molar-refractivity contribution in [2.75, 3.05) is 19.6 Å². The van der Waals surface area contributed by atoms with Crippen molar-refractivity contribution < 1.29 is 14.7 Å². The minimum absolute atomic E-state index is 0.0395. The maximum atomic E-state index is 12.2. The maximum absolute atomic E-state index is 12.2. The number of aryl methyl sites for hydroxylation is 2. The van der Waals surface area contributed by atoms with Crippen molar-refractivity contribution in [1.82, 2.24) is 15.2 Å². The second-order valence-corrected chi connectivity index (χ2v) is 7.41. The lowest BCUT2D eigenvalue weighted by atomic mass is 9.98. The second-order valence-electron chi connectivity index (χ2n) is 6.29. The lowest BCUT2D eigenvalue weighted by Crippen LogP contribution is -2.45. The molecule has 0 saturated carbocycles. The summed E-state index contributed by atoms with van der Waals surface area (Å²) in [6.07, 6.45) is 6.75. The monoisotopic (exact) mass is 337 g/mol. The Hall–Kier alpha value is -1.63. The van der Waals surface area contributed by atoms with Crippen LogP contribution in [-0.4, -0.2) is 46.6 Å². The molecule has 2 aliphatic rings. The van der Waals surface area contributed by atoms with Crippen molar-refractivity contribution in [3.05, 3.63) is 15.6 Å². The summed E-state index contributed by atoms with van der Waals surface area (Å²) in [6.45, 7) is 1.60. The van der Waals surface area contributed by atoms with E-state index in [2.05, 4.69) is 5.32 Å². The van der Waals surface area contributed by atoms with Crippen LogP contribution in [0.5, 0.6) is 0 Å². The molecule has 2 heterocycles. The summed E-state index contributed by atoms with van der Waals surface area (Å²) in [5, 5.41) is 12.5. The van der Waals surface area contributed by atoms with E-state index in [0.717, 1.165) is 32.2 Å². The summed E-state index contributed by atoms with van der Waals surface area (Å²) >= 11 is 1.83. The largest absolute Gasteiger partial charge is 0.481 e. The van der Waals surface area contributed by atoms with E-state index in [9.17, 15) is 9.59 Å². The molecule has 1 aromatic rings. The SMILES string of the molecule is O=C(O)CCNC(=O)N1CCCC(c2nc3c(s2)CCCC3)C1. The van der Waals surface area contributed by atoms with Crippen LogP contribution in [0.4, 0.5) is 4.79 Å². The fourth-order valence-electron chi connectivity index (χ4n) is 3.30. The molecule has 1 aromatic heterocycles. The molecule has 1 aliphatic heterocycles. The van der Waals surface area contributed by atoms with Crippen LogP contribution in [-0.2, 0) is 17.6 Å². The number of nitrogens with one attached hydrogen (secondary N) is 1. The van der Waals surface area contributed by atoms with Gasteiger partial charge >= 0.3 is 12.0 Å². The third-order valence-electron chi connectivity index (χ3n) is 4.54. The lowest BCUT2D eigenvalue weighted by Gasteiger charge is -2.31. The van der Waals surface area contributed by atoms with E-state index >= 15 is 0 Å². The molecule has 1 fully saturated rings. The van der Waals surface area contributed by atoms with E-state index < -0.39 is 5.97 Å². The third-order valence-corrected chi connectivity index (χ3v) is 5.86. The average molecular weight is 337 g/mol. The minimum Gasteiger partial charge on any atom is -0.481 e. The third kappa shape index (κ3) is 4.02. The number of piperidine rings is 1. The number of carboxylic acids is 1. The van der Waals surface area contributed by atoms with Crippen molar-refractivity contribution in [1.29, 1.82) is 0 Å². The van der Waals surface area contributed by atoms with Crippen LogP contribution in [0, 0.1) is 0 Å². The molecular formula is C16H23N3O3S. The van der Waals surface area contributed by atoms with Gasteiger partial charge in [0, 0.05) is 30.4 Å². The van der Waals surface area contributed by atoms with Gasteiger partial charge in [-0.05, 0) is 38.5 Å². The zero-order valence-electron chi connectivity index (χ0n) is 13.2. The standard InChI is InChI=1S/C16H23N3O3S/c20-14(21)7-8-17-16(22)19-9-3-4-11(10-19)15-18-12-5-1-2-6-13(12)23-15/h11H,1-10H2,(H,17,22)(H,20,21). The molecule has 0 aromatic carbocycles. The van der Waals surface area contributed by atoms with Crippen LogP contribution in [0.25, 0.3) is 0 Å². The number of thiazole rings is 1. The summed E-state index contributed by atoms with van der Waals surface area (Å²) in [6, 6.07) is -0.155. The van der Waals surface area contributed by atoms with Crippen molar-refractivity contribution in [3.63, 3.8) is 0 Å². The molecule has 1 aliphatic carbocycles. The van der Waals surface area contributed by atoms with Crippen molar-refractivity contribution in [2.45, 2.75) is 50.9 Å². The zero-order valence-corrected chi connectivity index (χ0v) is 14.0. The molecule has 126 valence electrons. The highest BCUT2D eigenvalue weighted by atomic mass is 32.1. The van der Waals surface area contributed by atoms with Crippen LogP contribution < -0.4 is 5.32 Å². The number of likely N-dealkylation sites (tertiary alicyclic amines) is 1. The van der Waals surface area contributed by atoms with E-state index in [0.29, 0.717) is 12.5 Å². The van der Waals surface area contributed by atoms with E-state index in [4.69, 9.17) is 10.1 Å². The number of nitrogens with zero attached hydrogens (tertiary/aromatic N) is 2. The van der Waals surface area contributed by atoms with Crippen LogP contribution in [0.3, 0.4) is 0 Å². The fraction of sp³-hybridized carbons (Fsp3) is 0.688. The number of aliphatic carboxylic acids is 1. The average Bonchev–Trinajstić information content (AvgIpc) is 2.98. The first kappa shape index (κ1) is 16.2. The van der Waals surface area contributed by atoms with Gasteiger partial charge in [0.05, 0.1) is 17.1 Å². The number of carbonyl (C=O) groups is 2. The highest BCUT2D eigenvalue weighted by Crippen LogP contribution is 2.34. The number of fused-ring (bicyclic) bond motifs is 1. The van der Waals surface area contributed by atoms with Gasteiger partial charge in [0.25, 0.3) is 0 Å². The van der Waals surface area contributed by atoms with E-state index in [1.54, 1.807) is 4.90 Å². The van der Waals surface area contributed by atoms with E-state index in [-0.39, 0.29) is 19.0 Å². The number of urea groups is 1. The zero-order chi connectivity index (χ0) is 16.2. The Morgan fingerprint density at radius 2 is 2.13 bits per heavy atom. The van der Waals surface area contributed by atoms with Gasteiger partial charge in [-0.1, -0.05) is 0 Å². The molecule has 6 nitrogen and oxygen atoms in total. The summed E-state index contributed by atoms with van der Waals surface area (Å²) < 4.78 is 0. The first-order valence-corrected chi connectivity index (χ1v) is 9.18. The first-order chi connectivity index (χ1) is 11.1. The number of hydrogen-bond acceptors (Lipinski definition) is 4.